The molecule has 2 aromatic carbocycles. The van der Waals surface area contributed by atoms with Crippen LogP contribution in [0, 0.1) is 5.82 Å². The molecule has 0 aliphatic carbocycles. The summed E-state index contributed by atoms with van der Waals surface area (Å²) in [5.41, 5.74) is 1.08. The molecule has 0 spiro atoms. The third-order valence-electron chi connectivity index (χ3n) is 3.50. The zero-order valence-corrected chi connectivity index (χ0v) is 14.5. The van der Waals surface area contributed by atoms with Crippen LogP contribution in [-0.4, -0.2) is 23.2 Å². The average Bonchev–Trinajstić information content (AvgIpc) is 3.09. The molecule has 134 valence electrons. The molecular weight excluding hydrogens is 363 g/mol. The number of nitrogens with zero attached hydrogens (tertiary/aromatic N) is 2. The molecule has 0 saturated heterocycles. The summed E-state index contributed by atoms with van der Waals surface area (Å²) in [5, 5.41) is 4.30. The maximum atomic E-state index is 13.6. The van der Waals surface area contributed by atoms with E-state index in [1.165, 1.54) is 19.2 Å². The van der Waals surface area contributed by atoms with Gasteiger partial charge in [0.2, 0.25) is 5.82 Å². The van der Waals surface area contributed by atoms with Crippen LogP contribution in [0.1, 0.15) is 11.5 Å². The highest BCUT2D eigenvalue weighted by Crippen LogP contribution is 2.25. The van der Waals surface area contributed by atoms with Gasteiger partial charge in [0.1, 0.15) is 0 Å². The summed E-state index contributed by atoms with van der Waals surface area (Å²) in [6, 6.07) is 11.3. The van der Waals surface area contributed by atoms with Gasteiger partial charge >= 0.3 is 5.97 Å². The summed E-state index contributed by atoms with van der Waals surface area (Å²) in [7, 11) is 1.37. The number of rotatable bonds is 6. The normalized spacial score (nSPS) is 10.6. The van der Waals surface area contributed by atoms with Crippen molar-refractivity contribution in [3.63, 3.8) is 0 Å². The predicted molar refractivity (Wildman–Crippen MR) is 91.2 cm³/mol. The number of halogens is 2. The number of hydrogen-bond acceptors (Lipinski definition) is 6. The van der Waals surface area contributed by atoms with Crippen molar-refractivity contribution in [2.45, 2.75) is 13.0 Å². The van der Waals surface area contributed by atoms with Gasteiger partial charge in [0, 0.05) is 5.56 Å². The fourth-order valence-electron chi connectivity index (χ4n) is 2.25. The average molecular weight is 377 g/mol. The molecule has 6 nitrogen and oxygen atoms in total. The first-order valence-corrected chi connectivity index (χ1v) is 8.00. The van der Waals surface area contributed by atoms with Crippen molar-refractivity contribution in [1.29, 1.82) is 0 Å². The highest BCUT2D eigenvalue weighted by atomic mass is 35.5. The van der Waals surface area contributed by atoms with Gasteiger partial charge in [-0.05, 0) is 29.8 Å². The van der Waals surface area contributed by atoms with Crippen LogP contribution in [0.15, 0.2) is 47.0 Å². The maximum absolute atomic E-state index is 13.6. The Balaban J connectivity index is 1.58. The minimum absolute atomic E-state index is 0.0909. The van der Waals surface area contributed by atoms with E-state index in [0.717, 1.165) is 0 Å². The molecule has 0 fully saturated rings. The highest BCUT2D eigenvalue weighted by molar-refractivity contribution is 6.33. The lowest BCUT2D eigenvalue weighted by Crippen LogP contribution is -2.08. The molecule has 0 aliphatic heterocycles. The number of benzene rings is 2. The highest BCUT2D eigenvalue weighted by Gasteiger charge is 2.14. The number of methoxy groups -OCH3 is 1. The Morgan fingerprint density at radius 1 is 1.27 bits per heavy atom. The van der Waals surface area contributed by atoms with E-state index < -0.39 is 11.8 Å². The summed E-state index contributed by atoms with van der Waals surface area (Å²) in [4.78, 5) is 16.0. The summed E-state index contributed by atoms with van der Waals surface area (Å²) in [6.45, 7) is -0.186. The van der Waals surface area contributed by atoms with E-state index in [-0.39, 0.29) is 24.7 Å². The topological polar surface area (TPSA) is 74.5 Å². The van der Waals surface area contributed by atoms with E-state index in [2.05, 4.69) is 10.1 Å². The molecule has 0 unspecified atom stereocenters. The van der Waals surface area contributed by atoms with Gasteiger partial charge in [-0.2, -0.15) is 4.98 Å². The molecule has 0 bridgehead atoms. The van der Waals surface area contributed by atoms with Crippen LogP contribution in [0.4, 0.5) is 4.39 Å². The third kappa shape index (κ3) is 4.18. The Bertz CT molecular complexity index is 929. The molecule has 1 heterocycles. The summed E-state index contributed by atoms with van der Waals surface area (Å²) in [5.74, 6) is -0.542. The smallest absolute Gasteiger partial charge is 0.310 e. The molecule has 0 amide bonds. The van der Waals surface area contributed by atoms with Crippen molar-refractivity contribution < 1.29 is 23.2 Å². The number of hydrogen-bond donors (Lipinski definition) is 0. The van der Waals surface area contributed by atoms with E-state index in [0.29, 0.717) is 22.0 Å². The predicted octanol–water partition coefficient (Wildman–Crippen LogP) is 3.82. The molecule has 8 heteroatoms. The molecule has 0 N–H and O–H groups in total. The maximum Gasteiger partial charge on any atom is 0.310 e. The summed E-state index contributed by atoms with van der Waals surface area (Å²) >= 11 is 6.07. The molecular formula is C18H14ClFN2O4. The molecule has 1 aromatic heterocycles. The second-order valence-corrected chi connectivity index (χ2v) is 5.71. The number of esters is 1. The number of carbonyl (C=O) groups excluding carboxylic acids is 1. The van der Waals surface area contributed by atoms with Crippen molar-refractivity contribution >= 4 is 17.6 Å². The fraction of sp³-hybridized carbons (Fsp3) is 0.167. The van der Waals surface area contributed by atoms with E-state index >= 15 is 0 Å². The van der Waals surface area contributed by atoms with Gasteiger partial charge in [0.25, 0.3) is 5.89 Å². The van der Waals surface area contributed by atoms with Gasteiger partial charge in [0.05, 0.1) is 18.6 Å². The summed E-state index contributed by atoms with van der Waals surface area (Å²) in [6.07, 6.45) is -0.0909. The van der Waals surface area contributed by atoms with Crippen LogP contribution >= 0.6 is 11.6 Å². The van der Waals surface area contributed by atoms with E-state index in [1.54, 1.807) is 30.3 Å². The van der Waals surface area contributed by atoms with Gasteiger partial charge in [-0.1, -0.05) is 35.0 Å². The summed E-state index contributed by atoms with van der Waals surface area (Å²) < 4.78 is 28.6. The monoisotopic (exact) mass is 376 g/mol. The fourth-order valence-corrected chi connectivity index (χ4v) is 2.47. The largest absolute Gasteiger partial charge is 0.494 e. The van der Waals surface area contributed by atoms with E-state index in [9.17, 15) is 9.18 Å². The minimum atomic E-state index is -0.549. The van der Waals surface area contributed by atoms with Gasteiger partial charge in [-0.25, -0.2) is 4.39 Å². The molecule has 3 rings (SSSR count). The first-order chi connectivity index (χ1) is 12.6. The molecule has 0 radical (unpaired) electrons. The molecule has 0 saturated carbocycles. The number of carbonyl (C=O) groups is 1. The lowest BCUT2D eigenvalue weighted by Gasteiger charge is -2.05. The Morgan fingerprint density at radius 2 is 2.08 bits per heavy atom. The Hall–Kier alpha value is -2.93. The number of ether oxygens (including phenoxy) is 2. The first kappa shape index (κ1) is 17.9. The van der Waals surface area contributed by atoms with Crippen molar-refractivity contribution in [1.82, 2.24) is 10.1 Å². The SMILES string of the molecule is COc1ccc(CC(=O)OCc2nc(-c3ccccc3Cl)no2)cc1F. The van der Waals surface area contributed by atoms with Crippen LogP contribution in [0.3, 0.4) is 0 Å². The zero-order chi connectivity index (χ0) is 18.5. The lowest BCUT2D eigenvalue weighted by molar-refractivity contribution is -0.144. The van der Waals surface area contributed by atoms with Gasteiger partial charge < -0.3 is 14.0 Å². The number of aromatic nitrogens is 2. The molecule has 3 aromatic rings. The third-order valence-corrected chi connectivity index (χ3v) is 3.83. The second kappa shape index (κ2) is 7.97. The quantitative estimate of drug-likeness (QED) is 0.609. The first-order valence-electron chi connectivity index (χ1n) is 7.62. The standard InChI is InChI=1S/C18H14ClFN2O4/c1-24-15-7-6-11(8-14(15)20)9-17(23)25-10-16-21-18(22-26-16)12-4-2-3-5-13(12)19/h2-8H,9-10H2,1H3. The van der Waals surface area contributed by atoms with Crippen LogP contribution in [0.25, 0.3) is 11.4 Å². The molecule has 26 heavy (non-hydrogen) atoms. The van der Waals surface area contributed by atoms with Crippen LogP contribution in [0.5, 0.6) is 5.75 Å². The van der Waals surface area contributed by atoms with E-state index in [4.69, 9.17) is 25.6 Å². The Labute approximate surface area is 153 Å². The van der Waals surface area contributed by atoms with Crippen LogP contribution < -0.4 is 4.74 Å². The second-order valence-electron chi connectivity index (χ2n) is 5.30. The molecule has 0 atom stereocenters. The van der Waals surface area contributed by atoms with Crippen molar-refractivity contribution in [3.8, 4) is 17.1 Å². The Morgan fingerprint density at radius 3 is 2.81 bits per heavy atom. The van der Waals surface area contributed by atoms with Crippen molar-refractivity contribution in [2.75, 3.05) is 7.11 Å². The zero-order valence-electron chi connectivity index (χ0n) is 13.7. The van der Waals surface area contributed by atoms with Crippen LogP contribution in [0.2, 0.25) is 5.02 Å². The molecule has 0 aliphatic rings. The van der Waals surface area contributed by atoms with Crippen molar-refractivity contribution in [2.24, 2.45) is 0 Å². The van der Waals surface area contributed by atoms with Gasteiger partial charge in [-0.15, -0.1) is 0 Å². The van der Waals surface area contributed by atoms with Crippen LogP contribution in [-0.2, 0) is 22.6 Å². The lowest BCUT2D eigenvalue weighted by atomic mass is 10.1. The van der Waals surface area contributed by atoms with Gasteiger partial charge in [-0.3, -0.25) is 4.79 Å². The Kier molecular flexibility index (Phi) is 5.48. The van der Waals surface area contributed by atoms with Crippen molar-refractivity contribution in [3.05, 3.63) is 64.8 Å². The van der Waals surface area contributed by atoms with Gasteiger partial charge in [0.15, 0.2) is 18.2 Å². The van der Waals surface area contributed by atoms with E-state index in [1.807, 2.05) is 0 Å². The minimum Gasteiger partial charge on any atom is -0.494 e.